The second-order valence-electron chi connectivity index (χ2n) is 10.8. The molecule has 2 unspecified atom stereocenters. The SMILES string of the molecule is CCc1ccc(C2=C(C(=O)NCCCCCCO[N+](=O)[O-])N(c3ccccc3C(F)(F)F)S(=O)(=O)C3C=CC=CC23)c2c1OCO2. The molecule has 5 rings (SSSR count). The summed E-state index contributed by atoms with van der Waals surface area (Å²) in [6, 6.07) is 7.68. The Morgan fingerprint density at radius 3 is 2.52 bits per heavy atom. The Bertz CT molecular complexity index is 1700. The number of carbonyl (C=O) groups excluding carboxylic acids is 1. The maximum absolute atomic E-state index is 14.4. The van der Waals surface area contributed by atoms with Crippen LogP contribution in [0.3, 0.4) is 0 Å². The van der Waals surface area contributed by atoms with E-state index in [9.17, 15) is 36.5 Å². The van der Waals surface area contributed by atoms with Crippen LogP contribution in [0.2, 0.25) is 0 Å². The molecule has 15 heteroatoms. The lowest BCUT2D eigenvalue weighted by Gasteiger charge is -2.41. The Balaban J connectivity index is 1.64. The number of anilines is 1. The van der Waals surface area contributed by atoms with Gasteiger partial charge in [-0.2, -0.15) is 13.2 Å². The van der Waals surface area contributed by atoms with Crippen molar-refractivity contribution in [2.24, 2.45) is 5.92 Å². The van der Waals surface area contributed by atoms with Crippen LogP contribution in [0, 0.1) is 16.0 Å². The van der Waals surface area contributed by atoms with Crippen LogP contribution >= 0.6 is 0 Å². The van der Waals surface area contributed by atoms with Crippen LogP contribution in [0.1, 0.15) is 49.3 Å². The fourth-order valence-electron chi connectivity index (χ4n) is 5.87. The van der Waals surface area contributed by atoms with Gasteiger partial charge in [-0.1, -0.05) is 68.3 Å². The van der Waals surface area contributed by atoms with Crippen molar-refractivity contribution < 1.29 is 45.8 Å². The van der Waals surface area contributed by atoms with E-state index in [-0.39, 0.29) is 31.3 Å². The zero-order valence-electron chi connectivity index (χ0n) is 24.8. The number of halogens is 3. The molecule has 2 atom stereocenters. The van der Waals surface area contributed by atoms with Crippen LogP contribution in [-0.4, -0.2) is 44.6 Å². The highest BCUT2D eigenvalue weighted by Crippen LogP contribution is 2.52. The van der Waals surface area contributed by atoms with Crippen molar-refractivity contribution in [3.63, 3.8) is 0 Å². The van der Waals surface area contributed by atoms with Gasteiger partial charge in [0.05, 0.1) is 17.9 Å². The number of benzene rings is 2. The third-order valence-corrected chi connectivity index (χ3v) is 9.97. The van der Waals surface area contributed by atoms with E-state index in [0.29, 0.717) is 47.7 Å². The topological polar surface area (TPSA) is 137 Å². The molecule has 0 saturated carbocycles. The molecule has 2 aliphatic heterocycles. The van der Waals surface area contributed by atoms with E-state index in [4.69, 9.17) is 9.47 Å². The van der Waals surface area contributed by atoms with Crippen molar-refractivity contribution in [2.45, 2.75) is 50.5 Å². The molecule has 0 saturated heterocycles. The molecule has 46 heavy (non-hydrogen) atoms. The number of nitrogens with zero attached hydrogens (tertiary/aromatic N) is 2. The summed E-state index contributed by atoms with van der Waals surface area (Å²) >= 11 is 0. The predicted molar refractivity (Wildman–Crippen MR) is 162 cm³/mol. The molecule has 0 fully saturated rings. The van der Waals surface area contributed by atoms with Gasteiger partial charge in [0.1, 0.15) is 10.9 Å². The van der Waals surface area contributed by atoms with E-state index in [0.717, 1.165) is 23.8 Å². The summed E-state index contributed by atoms with van der Waals surface area (Å²) < 4.78 is 83.8. The number of carbonyl (C=O) groups is 1. The molecule has 2 heterocycles. The lowest BCUT2D eigenvalue weighted by atomic mass is 9.84. The number of amides is 1. The summed E-state index contributed by atoms with van der Waals surface area (Å²) in [5.74, 6) is -1.12. The molecule has 11 nitrogen and oxygen atoms in total. The minimum absolute atomic E-state index is 0.0663. The maximum atomic E-state index is 14.4. The minimum atomic E-state index is -4.94. The van der Waals surface area contributed by atoms with E-state index in [1.54, 1.807) is 24.3 Å². The first kappa shape index (κ1) is 32.9. The second-order valence-corrected chi connectivity index (χ2v) is 12.7. The van der Waals surface area contributed by atoms with E-state index in [1.165, 1.54) is 18.2 Å². The van der Waals surface area contributed by atoms with Gasteiger partial charge in [-0.15, -0.1) is 10.1 Å². The van der Waals surface area contributed by atoms with Crippen molar-refractivity contribution in [1.29, 1.82) is 0 Å². The quantitative estimate of drug-likeness (QED) is 0.177. The summed E-state index contributed by atoms with van der Waals surface area (Å²) in [6.07, 6.45) is 3.76. The van der Waals surface area contributed by atoms with Crippen LogP contribution in [0.15, 0.2) is 66.4 Å². The van der Waals surface area contributed by atoms with Crippen molar-refractivity contribution >= 4 is 27.2 Å². The molecule has 3 aliphatic rings. The van der Waals surface area contributed by atoms with Crippen LogP contribution in [0.5, 0.6) is 11.5 Å². The number of hydrogen-bond acceptors (Lipinski definition) is 8. The fourth-order valence-corrected chi connectivity index (χ4v) is 7.86. The highest BCUT2D eigenvalue weighted by Gasteiger charge is 2.51. The van der Waals surface area contributed by atoms with E-state index in [2.05, 4.69) is 10.2 Å². The maximum Gasteiger partial charge on any atom is 0.418 e. The Morgan fingerprint density at radius 1 is 1.07 bits per heavy atom. The summed E-state index contributed by atoms with van der Waals surface area (Å²) in [5, 5.41) is 10.8. The lowest BCUT2D eigenvalue weighted by Crippen LogP contribution is -2.50. The Labute approximate surface area is 263 Å². The molecular weight excluding hydrogens is 631 g/mol. The summed E-state index contributed by atoms with van der Waals surface area (Å²) in [4.78, 5) is 28.8. The number of aryl methyl sites for hydroxylation is 1. The average molecular weight is 664 g/mol. The van der Waals surface area contributed by atoms with Gasteiger partial charge in [0.2, 0.25) is 16.8 Å². The number of fused-ring (bicyclic) bond motifs is 2. The molecule has 246 valence electrons. The van der Waals surface area contributed by atoms with Gasteiger partial charge in [-0.25, -0.2) is 12.7 Å². The van der Waals surface area contributed by atoms with E-state index in [1.807, 2.05) is 6.92 Å². The Hall–Kier alpha value is -4.53. The molecular formula is C31H32F3N3O8S. The number of allylic oxidation sites excluding steroid dienone is 4. The van der Waals surface area contributed by atoms with Crippen LogP contribution < -0.4 is 19.1 Å². The van der Waals surface area contributed by atoms with Crippen molar-refractivity contribution in [3.8, 4) is 11.5 Å². The third kappa shape index (κ3) is 6.41. The Morgan fingerprint density at radius 2 is 1.78 bits per heavy atom. The Kier molecular flexibility index (Phi) is 9.60. The molecule has 1 N–H and O–H groups in total. The monoisotopic (exact) mass is 663 g/mol. The fraction of sp³-hybridized carbons (Fsp3) is 0.387. The number of rotatable bonds is 12. The van der Waals surface area contributed by atoms with Gasteiger partial charge < -0.3 is 19.6 Å². The predicted octanol–water partition coefficient (Wildman–Crippen LogP) is 5.55. The van der Waals surface area contributed by atoms with Gasteiger partial charge in [0, 0.05) is 23.6 Å². The van der Waals surface area contributed by atoms with Crippen molar-refractivity contribution in [3.05, 3.63) is 93.2 Å². The smallest absolute Gasteiger partial charge is 0.418 e. The molecule has 0 radical (unpaired) electrons. The summed E-state index contributed by atoms with van der Waals surface area (Å²) in [6.45, 7) is 1.79. The van der Waals surface area contributed by atoms with Gasteiger partial charge in [0.25, 0.3) is 11.0 Å². The minimum Gasteiger partial charge on any atom is -0.453 e. The van der Waals surface area contributed by atoms with Gasteiger partial charge in [-0.05, 0) is 37.0 Å². The summed E-state index contributed by atoms with van der Waals surface area (Å²) in [7, 11) is -4.64. The molecule has 1 aliphatic carbocycles. The van der Waals surface area contributed by atoms with Gasteiger partial charge in [-0.3, -0.25) is 4.79 Å². The normalized spacial score (nSPS) is 19.6. The summed E-state index contributed by atoms with van der Waals surface area (Å²) in [5.41, 5.74) is -1.08. The van der Waals surface area contributed by atoms with Crippen molar-refractivity contribution in [1.82, 2.24) is 5.32 Å². The van der Waals surface area contributed by atoms with Crippen LogP contribution in [0.25, 0.3) is 5.57 Å². The largest absolute Gasteiger partial charge is 0.453 e. The number of unbranched alkanes of at least 4 members (excludes halogenated alkanes) is 3. The number of para-hydroxylation sites is 1. The first-order chi connectivity index (χ1) is 22.0. The van der Waals surface area contributed by atoms with Gasteiger partial charge in [0.15, 0.2) is 11.5 Å². The first-order valence-electron chi connectivity index (χ1n) is 14.7. The standard InChI is InChI=1S/C31H32F3N3O8S/c1-2-20-15-16-22(29-28(20)43-19-44-29)26-21-11-5-8-14-25(21)46(41,42)36(24-13-7-6-12-23(24)31(32,33)34)27(26)30(38)35-17-9-3-4-10-18-45-37(39)40/h5-8,11-16,21,25H,2-4,9-10,17-19H2,1H3,(H,35,38). The zero-order chi connectivity index (χ0) is 33.1. The molecule has 1 amide bonds. The highest BCUT2D eigenvalue weighted by molar-refractivity contribution is 7.94. The lowest BCUT2D eigenvalue weighted by molar-refractivity contribution is -0.757. The first-order valence-corrected chi connectivity index (χ1v) is 16.2. The highest BCUT2D eigenvalue weighted by atomic mass is 32.2. The molecule has 0 spiro atoms. The molecule has 2 aromatic carbocycles. The average Bonchev–Trinajstić information content (AvgIpc) is 3.52. The number of ether oxygens (including phenoxy) is 2. The molecule has 0 bridgehead atoms. The second kappa shape index (κ2) is 13.4. The van der Waals surface area contributed by atoms with E-state index >= 15 is 0 Å². The zero-order valence-corrected chi connectivity index (χ0v) is 25.6. The van der Waals surface area contributed by atoms with Crippen LogP contribution in [-0.2, 0) is 32.3 Å². The molecule has 0 aromatic heterocycles. The number of alkyl halides is 3. The number of sulfonamides is 1. The van der Waals surface area contributed by atoms with E-state index < -0.39 is 55.3 Å². The van der Waals surface area contributed by atoms with Crippen molar-refractivity contribution in [2.75, 3.05) is 24.2 Å². The van der Waals surface area contributed by atoms with Gasteiger partial charge >= 0.3 is 6.18 Å². The number of nitrogens with one attached hydrogen (secondary N) is 1. The van der Waals surface area contributed by atoms with Crippen LogP contribution in [0.4, 0.5) is 18.9 Å². The number of hydrogen-bond donors (Lipinski definition) is 1. The molecule has 2 aromatic rings. The third-order valence-electron chi connectivity index (χ3n) is 7.94.